The van der Waals surface area contributed by atoms with Crippen LogP contribution in [-0.4, -0.2) is 0 Å². The second-order valence-corrected chi connectivity index (χ2v) is 4.47. The van der Waals surface area contributed by atoms with Gasteiger partial charge in [-0.3, -0.25) is 0 Å². The molecule has 0 amide bonds. The zero-order valence-corrected chi connectivity index (χ0v) is 9.02. The minimum atomic E-state index is -0.565. The van der Waals surface area contributed by atoms with E-state index in [9.17, 15) is 8.78 Å². The number of nitrogens with two attached hydrogens (primary N) is 1. The van der Waals surface area contributed by atoms with Gasteiger partial charge in [0.1, 0.15) is 11.6 Å². The molecule has 14 heavy (non-hydrogen) atoms. The lowest BCUT2D eigenvalue weighted by Crippen LogP contribution is -2.16. The van der Waals surface area contributed by atoms with Gasteiger partial charge in [0, 0.05) is 11.6 Å². The molecule has 0 radical (unpaired) electrons. The zero-order valence-electron chi connectivity index (χ0n) is 7.43. The van der Waals surface area contributed by atoms with Crippen LogP contribution >= 0.6 is 15.9 Å². The third-order valence-electron chi connectivity index (χ3n) is 2.54. The van der Waals surface area contributed by atoms with Crippen LogP contribution in [0.4, 0.5) is 8.78 Å². The lowest BCUT2D eigenvalue weighted by atomic mass is 10.0. The van der Waals surface area contributed by atoms with Crippen LogP contribution in [0.3, 0.4) is 0 Å². The van der Waals surface area contributed by atoms with E-state index in [4.69, 9.17) is 5.73 Å². The first-order valence-corrected chi connectivity index (χ1v) is 5.29. The summed E-state index contributed by atoms with van der Waals surface area (Å²) in [4.78, 5) is 0. The van der Waals surface area contributed by atoms with Gasteiger partial charge in [0.25, 0.3) is 0 Å². The van der Waals surface area contributed by atoms with Crippen LogP contribution in [0.1, 0.15) is 24.4 Å². The number of hydrogen-bond acceptors (Lipinski definition) is 1. The number of hydrogen-bond donors (Lipinski definition) is 1. The summed E-state index contributed by atoms with van der Waals surface area (Å²) in [5.74, 6) is -0.872. The summed E-state index contributed by atoms with van der Waals surface area (Å²) in [7, 11) is 0. The molecule has 1 aliphatic carbocycles. The standard InChI is InChI=1S/C10H10BrF2N/c11-6-3-4-7(12)8(9(6)13)10(14)5-1-2-5/h3-5,10H,1-2,14H2. The number of halogens is 3. The molecule has 0 heterocycles. The van der Waals surface area contributed by atoms with Crippen molar-refractivity contribution in [2.75, 3.05) is 0 Å². The number of rotatable bonds is 2. The lowest BCUT2D eigenvalue weighted by Gasteiger charge is -2.13. The Balaban J connectivity index is 2.43. The fourth-order valence-corrected chi connectivity index (χ4v) is 1.89. The van der Waals surface area contributed by atoms with E-state index >= 15 is 0 Å². The summed E-state index contributed by atoms with van der Waals surface area (Å²) in [5, 5.41) is 0. The Morgan fingerprint density at radius 2 is 2.00 bits per heavy atom. The van der Waals surface area contributed by atoms with E-state index in [1.54, 1.807) is 0 Å². The zero-order chi connectivity index (χ0) is 10.3. The molecule has 76 valence electrons. The van der Waals surface area contributed by atoms with Crippen LogP contribution in [0.15, 0.2) is 16.6 Å². The Morgan fingerprint density at radius 1 is 1.36 bits per heavy atom. The normalized spacial score (nSPS) is 18.3. The molecule has 1 fully saturated rings. The van der Waals surface area contributed by atoms with Crippen LogP contribution in [-0.2, 0) is 0 Å². The fourth-order valence-electron chi connectivity index (χ4n) is 1.54. The molecule has 0 aliphatic heterocycles. The highest BCUT2D eigenvalue weighted by Crippen LogP contribution is 2.41. The Labute approximate surface area is 89.4 Å². The maximum Gasteiger partial charge on any atom is 0.145 e. The summed E-state index contributed by atoms with van der Waals surface area (Å²) in [6.07, 6.45) is 1.93. The molecule has 2 rings (SSSR count). The molecule has 0 bridgehead atoms. The van der Waals surface area contributed by atoms with E-state index in [2.05, 4.69) is 15.9 Å². The van der Waals surface area contributed by atoms with Gasteiger partial charge in [-0.15, -0.1) is 0 Å². The maximum absolute atomic E-state index is 13.5. The highest BCUT2D eigenvalue weighted by Gasteiger charge is 2.33. The average Bonchev–Trinajstić information content (AvgIpc) is 2.95. The van der Waals surface area contributed by atoms with E-state index in [1.165, 1.54) is 12.1 Å². The van der Waals surface area contributed by atoms with Crippen molar-refractivity contribution in [2.24, 2.45) is 11.7 Å². The molecular weight excluding hydrogens is 252 g/mol. The smallest absolute Gasteiger partial charge is 0.145 e. The first-order chi connectivity index (χ1) is 6.61. The van der Waals surface area contributed by atoms with E-state index < -0.39 is 17.7 Å². The minimum Gasteiger partial charge on any atom is -0.324 e. The van der Waals surface area contributed by atoms with Crippen molar-refractivity contribution in [3.63, 3.8) is 0 Å². The van der Waals surface area contributed by atoms with Crippen LogP contribution < -0.4 is 5.73 Å². The first kappa shape index (κ1) is 10.1. The van der Waals surface area contributed by atoms with Crippen molar-refractivity contribution < 1.29 is 8.78 Å². The van der Waals surface area contributed by atoms with Crippen molar-refractivity contribution in [2.45, 2.75) is 18.9 Å². The van der Waals surface area contributed by atoms with Gasteiger partial charge in [0.05, 0.1) is 4.47 Å². The summed E-state index contributed by atoms with van der Waals surface area (Å²) in [6.45, 7) is 0. The van der Waals surface area contributed by atoms with E-state index in [0.717, 1.165) is 12.8 Å². The fraction of sp³-hybridized carbons (Fsp3) is 0.400. The third-order valence-corrected chi connectivity index (χ3v) is 3.16. The molecule has 0 aromatic heterocycles. The van der Waals surface area contributed by atoms with E-state index in [1.807, 2.05) is 0 Å². The van der Waals surface area contributed by atoms with Gasteiger partial charge >= 0.3 is 0 Å². The molecule has 0 saturated heterocycles. The van der Waals surface area contributed by atoms with Crippen LogP contribution in [0.25, 0.3) is 0 Å². The van der Waals surface area contributed by atoms with Gasteiger partial charge in [-0.1, -0.05) is 0 Å². The van der Waals surface area contributed by atoms with Gasteiger partial charge < -0.3 is 5.73 Å². The summed E-state index contributed by atoms with van der Waals surface area (Å²) in [6, 6.07) is 2.09. The molecular formula is C10H10BrF2N. The van der Waals surface area contributed by atoms with Gasteiger partial charge in [-0.2, -0.15) is 0 Å². The topological polar surface area (TPSA) is 26.0 Å². The Morgan fingerprint density at radius 3 is 2.57 bits per heavy atom. The second kappa shape index (κ2) is 3.59. The number of benzene rings is 1. The Hall–Kier alpha value is -0.480. The van der Waals surface area contributed by atoms with Crippen molar-refractivity contribution in [3.8, 4) is 0 Å². The second-order valence-electron chi connectivity index (χ2n) is 3.62. The van der Waals surface area contributed by atoms with Crippen LogP contribution in [0.2, 0.25) is 0 Å². The lowest BCUT2D eigenvalue weighted by molar-refractivity contribution is 0.500. The predicted molar refractivity (Wildman–Crippen MR) is 53.7 cm³/mol. The molecule has 1 unspecified atom stereocenters. The van der Waals surface area contributed by atoms with E-state index in [-0.39, 0.29) is 16.0 Å². The third kappa shape index (κ3) is 1.68. The van der Waals surface area contributed by atoms with Gasteiger partial charge in [0.2, 0.25) is 0 Å². The summed E-state index contributed by atoms with van der Waals surface area (Å²) >= 11 is 3.02. The van der Waals surface area contributed by atoms with Gasteiger partial charge in [-0.05, 0) is 46.8 Å². The molecule has 1 aliphatic rings. The highest BCUT2D eigenvalue weighted by molar-refractivity contribution is 9.10. The predicted octanol–water partition coefficient (Wildman–Crippen LogP) is 3.14. The van der Waals surface area contributed by atoms with Gasteiger partial charge in [-0.25, -0.2) is 8.78 Å². The molecule has 1 aromatic rings. The van der Waals surface area contributed by atoms with Crippen molar-refractivity contribution in [1.82, 2.24) is 0 Å². The van der Waals surface area contributed by atoms with Crippen molar-refractivity contribution in [3.05, 3.63) is 33.8 Å². The molecule has 4 heteroatoms. The first-order valence-electron chi connectivity index (χ1n) is 4.50. The quantitative estimate of drug-likeness (QED) is 0.814. The Bertz CT molecular complexity index is 363. The minimum absolute atomic E-state index is 0.0156. The SMILES string of the molecule is NC(c1c(F)ccc(Br)c1F)C1CC1. The molecule has 1 aromatic carbocycles. The van der Waals surface area contributed by atoms with Gasteiger partial charge in [0.15, 0.2) is 0 Å². The molecule has 2 N–H and O–H groups in total. The summed E-state index contributed by atoms with van der Waals surface area (Å²) < 4.78 is 27.1. The Kier molecular flexibility index (Phi) is 2.58. The average molecular weight is 262 g/mol. The van der Waals surface area contributed by atoms with Crippen LogP contribution in [0.5, 0.6) is 0 Å². The monoisotopic (exact) mass is 261 g/mol. The van der Waals surface area contributed by atoms with Crippen LogP contribution in [0, 0.1) is 17.6 Å². The molecule has 0 spiro atoms. The molecule has 1 atom stereocenters. The largest absolute Gasteiger partial charge is 0.324 e. The van der Waals surface area contributed by atoms with Crippen molar-refractivity contribution >= 4 is 15.9 Å². The maximum atomic E-state index is 13.5. The highest BCUT2D eigenvalue weighted by atomic mass is 79.9. The van der Waals surface area contributed by atoms with Crippen molar-refractivity contribution in [1.29, 1.82) is 0 Å². The molecule has 1 saturated carbocycles. The summed E-state index contributed by atoms with van der Waals surface area (Å²) in [5.41, 5.74) is 5.79. The van der Waals surface area contributed by atoms with E-state index in [0.29, 0.717) is 0 Å². The molecule has 1 nitrogen and oxygen atoms in total.